The molecular formula is C8H7ClN2. The van der Waals surface area contributed by atoms with Gasteiger partial charge in [0.25, 0.3) is 0 Å². The maximum absolute atomic E-state index is 8.56. The zero-order valence-electron chi connectivity index (χ0n) is 6.08. The van der Waals surface area contributed by atoms with Crippen LogP contribution in [0.5, 0.6) is 0 Å². The van der Waals surface area contributed by atoms with E-state index in [1.807, 2.05) is 0 Å². The first-order valence-electron chi connectivity index (χ1n) is 3.25. The molecule has 0 N–H and O–H groups in total. The number of rotatable bonds is 1. The molecule has 0 spiro atoms. The van der Waals surface area contributed by atoms with Crippen molar-refractivity contribution in [3.63, 3.8) is 0 Å². The van der Waals surface area contributed by atoms with Gasteiger partial charge in [0, 0.05) is 6.20 Å². The van der Waals surface area contributed by atoms with Crippen LogP contribution in [-0.4, -0.2) is 4.98 Å². The van der Waals surface area contributed by atoms with Crippen LogP contribution in [0.3, 0.4) is 0 Å². The van der Waals surface area contributed by atoms with E-state index in [-0.39, 0.29) is 5.92 Å². The van der Waals surface area contributed by atoms with Crippen LogP contribution < -0.4 is 0 Å². The Morgan fingerprint density at radius 2 is 2.45 bits per heavy atom. The predicted octanol–water partition coefficient (Wildman–Crippen LogP) is 2.36. The molecule has 56 valence electrons. The van der Waals surface area contributed by atoms with Crippen molar-refractivity contribution >= 4 is 11.6 Å². The van der Waals surface area contributed by atoms with E-state index >= 15 is 0 Å². The zero-order valence-corrected chi connectivity index (χ0v) is 6.84. The molecule has 0 amide bonds. The van der Waals surface area contributed by atoms with Gasteiger partial charge in [-0.1, -0.05) is 11.6 Å². The van der Waals surface area contributed by atoms with Crippen LogP contribution in [0, 0.1) is 11.3 Å². The first-order valence-corrected chi connectivity index (χ1v) is 3.63. The lowest BCUT2D eigenvalue weighted by Crippen LogP contribution is -1.93. The Hall–Kier alpha value is -1.07. The van der Waals surface area contributed by atoms with Crippen molar-refractivity contribution in [1.82, 2.24) is 4.98 Å². The van der Waals surface area contributed by atoms with Crippen LogP contribution >= 0.6 is 11.6 Å². The minimum atomic E-state index is -0.233. The highest BCUT2D eigenvalue weighted by Crippen LogP contribution is 2.20. The van der Waals surface area contributed by atoms with Crippen molar-refractivity contribution in [2.45, 2.75) is 12.8 Å². The van der Waals surface area contributed by atoms with E-state index in [4.69, 9.17) is 16.9 Å². The Balaban J connectivity index is 3.05. The molecule has 0 aliphatic heterocycles. The second-order valence-corrected chi connectivity index (χ2v) is 2.63. The molecule has 3 heteroatoms. The van der Waals surface area contributed by atoms with E-state index in [1.54, 1.807) is 25.3 Å². The number of pyridine rings is 1. The van der Waals surface area contributed by atoms with Gasteiger partial charge in [0.15, 0.2) is 0 Å². The summed E-state index contributed by atoms with van der Waals surface area (Å²) in [6.45, 7) is 1.77. The topological polar surface area (TPSA) is 36.7 Å². The van der Waals surface area contributed by atoms with E-state index in [2.05, 4.69) is 11.1 Å². The Bertz CT molecular complexity index is 290. The maximum atomic E-state index is 8.56. The molecule has 0 saturated carbocycles. The van der Waals surface area contributed by atoms with Gasteiger partial charge in [0.05, 0.1) is 22.7 Å². The van der Waals surface area contributed by atoms with E-state index < -0.39 is 0 Å². The molecule has 0 aliphatic rings. The van der Waals surface area contributed by atoms with Gasteiger partial charge in [-0.3, -0.25) is 4.98 Å². The van der Waals surface area contributed by atoms with E-state index in [0.29, 0.717) is 10.7 Å². The Kier molecular flexibility index (Phi) is 2.45. The standard InChI is InChI=1S/C8H7ClN2/c1-6(5-10)8-7(9)3-2-4-11-8/h2-4,6H,1H3. The van der Waals surface area contributed by atoms with Crippen molar-refractivity contribution in [3.8, 4) is 6.07 Å². The highest BCUT2D eigenvalue weighted by Gasteiger charge is 2.08. The third kappa shape index (κ3) is 1.69. The second-order valence-electron chi connectivity index (χ2n) is 2.22. The predicted molar refractivity (Wildman–Crippen MR) is 43.3 cm³/mol. The van der Waals surface area contributed by atoms with Crippen molar-refractivity contribution in [2.75, 3.05) is 0 Å². The highest BCUT2D eigenvalue weighted by molar-refractivity contribution is 6.31. The average Bonchev–Trinajstić information content (AvgIpc) is 2.04. The summed E-state index contributed by atoms with van der Waals surface area (Å²) in [6.07, 6.45) is 1.63. The Morgan fingerprint density at radius 1 is 1.73 bits per heavy atom. The molecule has 0 fully saturated rings. The summed E-state index contributed by atoms with van der Waals surface area (Å²) < 4.78 is 0. The number of hydrogen-bond donors (Lipinski definition) is 0. The number of aromatic nitrogens is 1. The molecule has 1 aromatic heterocycles. The SMILES string of the molecule is CC(C#N)c1ncccc1Cl. The molecule has 1 rings (SSSR count). The minimum absolute atomic E-state index is 0.233. The van der Waals surface area contributed by atoms with Gasteiger partial charge in [0.1, 0.15) is 0 Å². The summed E-state index contributed by atoms with van der Waals surface area (Å²) in [4.78, 5) is 3.99. The molecule has 0 aromatic carbocycles. The summed E-state index contributed by atoms with van der Waals surface area (Å²) in [5.74, 6) is -0.233. The molecule has 0 aliphatic carbocycles. The lowest BCUT2D eigenvalue weighted by Gasteiger charge is -2.01. The Morgan fingerprint density at radius 3 is 3.00 bits per heavy atom. The monoisotopic (exact) mass is 166 g/mol. The molecular weight excluding hydrogens is 160 g/mol. The summed E-state index contributed by atoms with van der Waals surface area (Å²) in [5.41, 5.74) is 0.650. The molecule has 1 atom stereocenters. The normalized spacial score (nSPS) is 12.1. The van der Waals surface area contributed by atoms with E-state index in [0.717, 1.165) is 0 Å². The molecule has 1 aromatic rings. The van der Waals surface area contributed by atoms with Crippen LogP contribution in [0.2, 0.25) is 5.02 Å². The fourth-order valence-corrected chi connectivity index (χ4v) is 1.06. The molecule has 2 nitrogen and oxygen atoms in total. The van der Waals surface area contributed by atoms with E-state index in [9.17, 15) is 0 Å². The maximum Gasteiger partial charge on any atom is 0.0871 e. The summed E-state index contributed by atoms with van der Waals surface area (Å²) in [7, 11) is 0. The van der Waals surface area contributed by atoms with Gasteiger partial charge in [-0.05, 0) is 19.1 Å². The second kappa shape index (κ2) is 3.36. The van der Waals surface area contributed by atoms with Crippen molar-refractivity contribution in [3.05, 3.63) is 29.0 Å². The van der Waals surface area contributed by atoms with Gasteiger partial charge in [0.2, 0.25) is 0 Å². The minimum Gasteiger partial charge on any atom is -0.258 e. The molecule has 0 radical (unpaired) electrons. The van der Waals surface area contributed by atoms with Crippen molar-refractivity contribution in [1.29, 1.82) is 5.26 Å². The van der Waals surface area contributed by atoms with Crippen LogP contribution in [-0.2, 0) is 0 Å². The molecule has 1 heterocycles. The van der Waals surface area contributed by atoms with E-state index in [1.165, 1.54) is 0 Å². The summed E-state index contributed by atoms with van der Waals surface area (Å²) in [6, 6.07) is 5.55. The third-order valence-electron chi connectivity index (χ3n) is 1.39. The summed E-state index contributed by atoms with van der Waals surface area (Å²) in [5, 5.41) is 9.12. The first kappa shape index (κ1) is 8.03. The number of nitrogens with zero attached hydrogens (tertiary/aromatic N) is 2. The van der Waals surface area contributed by atoms with Gasteiger partial charge in [-0.2, -0.15) is 5.26 Å². The molecule has 1 unspecified atom stereocenters. The first-order chi connectivity index (χ1) is 5.25. The van der Waals surface area contributed by atoms with Gasteiger partial charge < -0.3 is 0 Å². The largest absolute Gasteiger partial charge is 0.258 e. The summed E-state index contributed by atoms with van der Waals surface area (Å²) >= 11 is 5.78. The fraction of sp³-hybridized carbons (Fsp3) is 0.250. The number of halogens is 1. The van der Waals surface area contributed by atoms with Crippen LogP contribution in [0.1, 0.15) is 18.5 Å². The smallest absolute Gasteiger partial charge is 0.0871 e. The lowest BCUT2D eigenvalue weighted by molar-refractivity contribution is 0.920. The zero-order chi connectivity index (χ0) is 8.27. The molecule has 11 heavy (non-hydrogen) atoms. The van der Waals surface area contributed by atoms with Crippen LogP contribution in [0.4, 0.5) is 0 Å². The van der Waals surface area contributed by atoms with Crippen molar-refractivity contribution < 1.29 is 0 Å². The fourth-order valence-electron chi connectivity index (χ4n) is 0.778. The molecule has 0 saturated heterocycles. The average molecular weight is 167 g/mol. The highest BCUT2D eigenvalue weighted by atomic mass is 35.5. The molecule has 0 bridgehead atoms. The van der Waals surface area contributed by atoms with Crippen LogP contribution in [0.25, 0.3) is 0 Å². The number of nitriles is 1. The third-order valence-corrected chi connectivity index (χ3v) is 1.71. The quantitative estimate of drug-likeness (QED) is 0.642. The lowest BCUT2D eigenvalue weighted by atomic mass is 10.1. The number of hydrogen-bond acceptors (Lipinski definition) is 2. The van der Waals surface area contributed by atoms with Gasteiger partial charge in [-0.15, -0.1) is 0 Å². The van der Waals surface area contributed by atoms with Crippen LogP contribution in [0.15, 0.2) is 18.3 Å². The van der Waals surface area contributed by atoms with Crippen molar-refractivity contribution in [2.24, 2.45) is 0 Å². The van der Waals surface area contributed by atoms with Gasteiger partial charge in [-0.25, -0.2) is 0 Å². The van der Waals surface area contributed by atoms with Gasteiger partial charge >= 0.3 is 0 Å². The Labute approximate surface area is 70.4 Å².